The quantitative estimate of drug-likeness (QED) is 0.225. The Labute approximate surface area is 224 Å². The molecule has 0 fully saturated rings. The second-order valence-electron chi connectivity index (χ2n) is 8.42. The van der Waals surface area contributed by atoms with Crippen molar-refractivity contribution in [1.82, 2.24) is 9.97 Å². The van der Waals surface area contributed by atoms with Gasteiger partial charge in [0.25, 0.3) is 11.8 Å². The number of para-hydroxylation sites is 1. The van der Waals surface area contributed by atoms with Crippen molar-refractivity contribution in [3.63, 3.8) is 0 Å². The zero-order chi connectivity index (χ0) is 26.7. The maximum atomic E-state index is 13.8. The lowest BCUT2D eigenvalue weighted by Gasteiger charge is -2.18. The zero-order valence-corrected chi connectivity index (χ0v) is 22.4. The van der Waals surface area contributed by atoms with E-state index in [9.17, 15) is 14.4 Å². The molecule has 0 radical (unpaired) electrons. The van der Waals surface area contributed by atoms with E-state index >= 15 is 0 Å². The van der Waals surface area contributed by atoms with Crippen LogP contribution in [0, 0.1) is 20.8 Å². The number of hydrogen-bond donors (Lipinski definition) is 1. The summed E-state index contributed by atoms with van der Waals surface area (Å²) < 4.78 is 5.29. The van der Waals surface area contributed by atoms with E-state index in [1.807, 2.05) is 39.8 Å². The van der Waals surface area contributed by atoms with Crippen molar-refractivity contribution in [1.29, 1.82) is 0 Å². The zero-order valence-electron chi connectivity index (χ0n) is 20.8. The van der Waals surface area contributed by atoms with Crippen LogP contribution in [0.25, 0.3) is 0 Å². The average Bonchev–Trinajstić information content (AvgIpc) is 3.08. The molecule has 1 aromatic heterocycles. The van der Waals surface area contributed by atoms with Crippen LogP contribution in [0.2, 0.25) is 5.02 Å². The normalized spacial score (nSPS) is 13.4. The molecule has 0 unspecified atom stereocenters. The minimum absolute atomic E-state index is 0.0415. The van der Waals surface area contributed by atoms with Crippen molar-refractivity contribution in [2.75, 3.05) is 16.8 Å². The minimum Gasteiger partial charge on any atom is -0.462 e. The van der Waals surface area contributed by atoms with Gasteiger partial charge >= 0.3 is 5.97 Å². The first kappa shape index (κ1) is 26.4. The van der Waals surface area contributed by atoms with Crippen molar-refractivity contribution < 1.29 is 19.1 Å². The summed E-state index contributed by atoms with van der Waals surface area (Å²) in [5.41, 5.74) is 3.15. The third-order valence-electron chi connectivity index (χ3n) is 5.46. The van der Waals surface area contributed by atoms with E-state index in [1.165, 1.54) is 6.07 Å². The van der Waals surface area contributed by atoms with Crippen molar-refractivity contribution >= 4 is 52.5 Å². The van der Waals surface area contributed by atoms with Crippen LogP contribution in [0.5, 0.6) is 0 Å². The molecule has 190 valence electrons. The predicted molar refractivity (Wildman–Crippen MR) is 144 cm³/mol. The van der Waals surface area contributed by atoms with E-state index in [1.54, 1.807) is 30.3 Å². The van der Waals surface area contributed by atoms with Crippen molar-refractivity contribution in [2.45, 2.75) is 39.3 Å². The number of nitrogens with one attached hydrogen (secondary N) is 1. The summed E-state index contributed by atoms with van der Waals surface area (Å²) in [6.07, 6.45) is 0.640. The van der Waals surface area contributed by atoms with Gasteiger partial charge in [-0.05, 0) is 74.8 Å². The summed E-state index contributed by atoms with van der Waals surface area (Å²) in [5, 5.41) is 3.90. The summed E-state index contributed by atoms with van der Waals surface area (Å²) >= 11 is 7.18. The second kappa shape index (κ2) is 11.1. The lowest BCUT2D eigenvalue weighted by atomic mass is 10.1. The molecule has 0 spiro atoms. The molecule has 4 rings (SSSR count). The Hall–Kier alpha value is -3.69. The molecule has 10 heteroatoms. The third kappa shape index (κ3) is 5.68. The number of thioether (sulfide) groups is 1. The molecule has 1 aliphatic rings. The highest BCUT2D eigenvalue weighted by Crippen LogP contribution is 2.38. The van der Waals surface area contributed by atoms with Gasteiger partial charge in [0.15, 0.2) is 5.16 Å². The van der Waals surface area contributed by atoms with Crippen LogP contribution in [0.1, 0.15) is 40.7 Å². The summed E-state index contributed by atoms with van der Waals surface area (Å²) in [7, 11) is 0. The largest absolute Gasteiger partial charge is 0.462 e. The Morgan fingerprint density at radius 3 is 2.43 bits per heavy atom. The van der Waals surface area contributed by atoms with Crippen molar-refractivity contribution in [3.05, 3.63) is 86.7 Å². The molecule has 37 heavy (non-hydrogen) atoms. The number of nitrogens with zero attached hydrogens (tertiary/aromatic N) is 3. The van der Waals surface area contributed by atoms with Crippen LogP contribution in [0.15, 0.2) is 64.3 Å². The number of benzene rings is 2. The van der Waals surface area contributed by atoms with E-state index in [0.717, 1.165) is 33.6 Å². The number of halogens is 1. The Balaban J connectivity index is 1.80. The average molecular weight is 537 g/mol. The van der Waals surface area contributed by atoms with Gasteiger partial charge in [0, 0.05) is 22.1 Å². The first-order valence-corrected chi connectivity index (χ1v) is 12.8. The van der Waals surface area contributed by atoms with Gasteiger partial charge in [0.2, 0.25) is 0 Å². The molecule has 0 saturated heterocycles. The van der Waals surface area contributed by atoms with Crippen molar-refractivity contribution in [2.24, 2.45) is 0 Å². The molecule has 1 N–H and O–H groups in total. The number of aryl methyl sites for hydroxylation is 3. The molecule has 1 aliphatic heterocycles. The number of anilines is 2. The first-order valence-electron chi connectivity index (χ1n) is 11.6. The van der Waals surface area contributed by atoms with Crippen LogP contribution in [-0.2, 0) is 14.3 Å². The van der Waals surface area contributed by atoms with Gasteiger partial charge in [-0.1, -0.05) is 36.7 Å². The van der Waals surface area contributed by atoms with Gasteiger partial charge in [0.1, 0.15) is 10.6 Å². The number of carbonyl (C=O) groups excluding carboxylic acids is 3. The fourth-order valence-corrected chi connectivity index (χ4v) is 4.89. The van der Waals surface area contributed by atoms with Gasteiger partial charge in [0.05, 0.1) is 17.9 Å². The fourth-order valence-electron chi connectivity index (χ4n) is 3.74. The molecule has 0 aliphatic carbocycles. The molecule has 3 aromatic rings. The number of esters is 1. The molecule has 8 nitrogen and oxygen atoms in total. The van der Waals surface area contributed by atoms with E-state index in [0.29, 0.717) is 22.3 Å². The lowest BCUT2D eigenvalue weighted by Crippen LogP contribution is -2.34. The van der Waals surface area contributed by atoms with E-state index in [-0.39, 0.29) is 28.5 Å². The molecule has 0 saturated carbocycles. The summed E-state index contributed by atoms with van der Waals surface area (Å²) in [5.74, 6) is -1.83. The molecular weight excluding hydrogens is 512 g/mol. The molecular formula is C27H25ClN4O4S. The van der Waals surface area contributed by atoms with Gasteiger partial charge < -0.3 is 10.1 Å². The predicted octanol–water partition coefficient (Wildman–Crippen LogP) is 5.61. The molecule has 0 bridgehead atoms. The Kier molecular flexibility index (Phi) is 7.94. The summed E-state index contributed by atoms with van der Waals surface area (Å²) in [6, 6.07) is 13.4. The van der Waals surface area contributed by atoms with Crippen LogP contribution in [-0.4, -0.2) is 34.4 Å². The lowest BCUT2D eigenvalue weighted by molar-refractivity contribution is -0.120. The smallest absolute Gasteiger partial charge is 0.340 e. The van der Waals surface area contributed by atoms with Gasteiger partial charge in [-0.3, -0.25) is 9.59 Å². The number of ether oxygens (including phenoxy) is 1. The summed E-state index contributed by atoms with van der Waals surface area (Å²) in [6.45, 7) is 7.61. The maximum absolute atomic E-state index is 13.8. The molecule has 0 atom stereocenters. The van der Waals surface area contributed by atoms with E-state index < -0.39 is 17.8 Å². The SMILES string of the molecule is CCCOC(=O)c1ccccc1N1C(=O)C(Nc2cc(Cl)ccc2C)=C(Sc2nc(C)cc(C)n2)C1=O. The highest BCUT2D eigenvalue weighted by atomic mass is 35.5. The number of amides is 2. The van der Waals surface area contributed by atoms with Crippen LogP contribution >= 0.6 is 23.4 Å². The van der Waals surface area contributed by atoms with Crippen LogP contribution in [0.3, 0.4) is 0 Å². The van der Waals surface area contributed by atoms with E-state index in [4.69, 9.17) is 16.3 Å². The van der Waals surface area contributed by atoms with Gasteiger partial charge in [-0.25, -0.2) is 19.7 Å². The third-order valence-corrected chi connectivity index (χ3v) is 6.64. The summed E-state index contributed by atoms with van der Waals surface area (Å²) in [4.78, 5) is 50.3. The Morgan fingerprint density at radius 2 is 1.73 bits per heavy atom. The number of rotatable bonds is 8. The standard InChI is InChI=1S/C27H25ClN4O4S/c1-5-12-36-26(35)19-8-6-7-9-21(19)32-24(33)22(31-20-14-18(28)11-10-15(20)2)23(25(32)34)37-27-29-16(3)13-17(4)30-27/h6-11,13-14,31H,5,12H2,1-4H3. The van der Waals surface area contributed by atoms with Crippen molar-refractivity contribution in [3.8, 4) is 0 Å². The number of carbonyl (C=O) groups is 3. The van der Waals surface area contributed by atoms with Gasteiger partial charge in [-0.2, -0.15) is 0 Å². The van der Waals surface area contributed by atoms with Crippen LogP contribution < -0.4 is 10.2 Å². The molecule has 2 heterocycles. The Morgan fingerprint density at radius 1 is 1.03 bits per heavy atom. The maximum Gasteiger partial charge on any atom is 0.340 e. The molecule has 2 amide bonds. The number of aromatic nitrogens is 2. The molecule has 2 aromatic carbocycles. The highest BCUT2D eigenvalue weighted by molar-refractivity contribution is 8.04. The first-order chi connectivity index (χ1) is 17.7. The number of imide groups is 1. The second-order valence-corrected chi connectivity index (χ2v) is 9.84. The Bertz CT molecular complexity index is 1420. The minimum atomic E-state index is -0.619. The fraction of sp³-hybridized carbons (Fsp3) is 0.222. The van der Waals surface area contributed by atoms with Gasteiger partial charge in [-0.15, -0.1) is 0 Å². The number of hydrogen-bond acceptors (Lipinski definition) is 8. The topological polar surface area (TPSA) is 101 Å². The monoisotopic (exact) mass is 536 g/mol. The van der Waals surface area contributed by atoms with Crippen LogP contribution in [0.4, 0.5) is 11.4 Å². The highest BCUT2D eigenvalue weighted by Gasteiger charge is 2.42. The van der Waals surface area contributed by atoms with E-state index in [2.05, 4.69) is 15.3 Å².